The highest BCUT2D eigenvalue weighted by Gasteiger charge is 2.70. The number of hydrazine groups is 1. The minimum Gasteiger partial charge on any atom is -0.508 e. The van der Waals surface area contributed by atoms with Crippen molar-refractivity contribution in [3.63, 3.8) is 0 Å². The molecular weight excluding hydrogens is 585 g/mol. The molecule has 0 unspecified atom stereocenters. The molecule has 2 saturated heterocycles. The maximum atomic E-state index is 15.0. The molecule has 2 N–H and O–H groups in total. The number of likely N-dealkylation sites (tertiary alicyclic amines) is 1. The summed E-state index contributed by atoms with van der Waals surface area (Å²) in [7, 11) is 1.49. The number of hydrogen-bond acceptors (Lipinski definition) is 6. The predicted octanol–water partition coefficient (Wildman–Crippen LogP) is 5.11. The van der Waals surface area contributed by atoms with Crippen molar-refractivity contribution >= 4 is 40.9 Å². The fourth-order valence-corrected chi connectivity index (χ4v) is 8.17. The molecule has 2 aliphatic heterocycles. The van der Waals surface area contributed by atoms with Gasteiger partial charge in [-0.2, -0.15) is 5.01 Å². The van der Waals surface area contributed by atoms with Crippen molar-refractivity contribution in [2.24, 2.45) is 23.7 Å². The van der Waals surface area contributed by atoms with Crippen LogP contribution >= 0.6 is 11.6 Å². The number of benzene rings is 3. The van der Waals surface area contributed by atoms with E-state index in [-0.39, 0.29) is 24.0 Å². The van der Waals surface area contributed by atoms with Crippen LogP contribution in [0.5, 0.6) is 5.75 Å². The number of imide groups is 2. The van der Waals surface area contributed by atoms with Gasteiger partial charge in [0.25, 0.3) is 11.8 Å². The van der Waals surface area contributed by atoms with Gasteiger partial charge in [-0.05, 0) is 84.8 Å². The summed E-state index contributed by atoms with van der Waals surface area (Å²) in [5.41, 5.74) is 4.52. The lowest BCUT2D eigenvalue weighted by molar-refractivity contribution is -0.140. The second-order valence-electron chi connectivity index (χ2n) is 12.2. The summed E-state index contributed by atoms with van der Waals surface area (Å²) in [4.78, 5) is 57.2. The highest BCUT2D eigenvalue weighted by atomic mass is 35.5. The third kappa shape index (κ3) is 3.88. The van der Waals surface area contributed by atoms with Crippen LogP contribution in [0.3, 0.4) is 0 Å². The standard InChI is InChI=1S/C34H29ClFN3O5/c1-17-15-18(3-14-27(17)40)29-23-12-13-24-28(32(43)38(2)30(24)41)25(23)16-26-31(42)39(37-22-10-8-21(36)9-11-22)33(44)34(26,29)19-4-6-20(35)7-5-19/h3-12,14-15,24-26,28-29,37,40H,13,16H2,1-2H3/t24-,25+,26-,28-,29-,34+/m0/s1. The summed E-state index contributed by atoms with van der Waals surface area (Å²) in [6.45, 7) is 1.76. The smallest absolute Gasteiger partial charge is 0.260 e. The number of aryl methyl sites for hydroxylation is 1. The molecule has 10 heteroatoms. The van der Waals surface area contributed by atoms with Gasteiger partial charge < -0.3 is 5.11 Å². The Kier molecular flexibility index (Phi) is 6.44. The van der Waals surface area contributed by atoms with Gasteiger partial charge in [0.15, 0.2) is 0 Å². The van der Waals surface area contributed by atoms with E-state index >= 15 is 0 Å². The number of anilines is 1. The van der Waals surface area contributed by atoms with Gasteiger partial charge in [0.1, 0.15) is 11.6 Å². The molecule has 4 aliphatic rings. The molecule has 6 atom stereocenters. The monoisotopic (exact) mass is 613 g/mol. The second kappa shape index (κ2) is 10.0. The van der Waals surface area contributed by atoms with Gasteiger partial charge in [0.05, 0.1) is 28.9 Å². The lowest BCUT2D eigenvalue weighted by Gasteiger charge is -2.50. The Balaban J connectivity index is 1.47. The van der Waals surface area contributed by atoms with Gasteiger partial charge in [-0.15, -0.1) is 0 Å². The molecule has 3 aromatic carbocycles. The van der Waals surface area contributed by atoms with Gasteiger partial charge in [-0.25, -0.2) is 4.39 Å². The number of carbonyl (C=O) groups excluding carboxylic acids is 4. The largest absolute Gasteiger partial charge is 0.508 e. The molecular formula is C34H29ClFN3O5. The number of carbonyl (C=O) groups is 4. The molecule has 7 rings (SSSR count). The molecule has 0 aromatic heterocycles. The number of nitrogens with one attached hydrogen (secondary N) is 1. The summed E-state index contributed by atoms with van der Waals surface area (Å²) < 4.78 is 13.7. The van der Waals surface area contributed by atoms with Crippen LogP contribution in [0, 0.1) is 36.4 Å². The lowest BCUT2D eigenvalue weighted by atomic mass is 9.49. The molecule has 0 radical (unpaired) electrons. The van der Waals surface area contributed by atoms with Gasteiger partial charge in [-0.1, -0.05) is 47.5 Å². The van der Waals surface area contributed by atoms with E-state index in [4.69, 9.17) is 11.6 Å². The van der Waals surface area contributed by atoms with E-state index in [1.807, 2.05) is 12.1 Å². The molecule has 224 valence electrons. The zero-order chi connectivity index (χ0) is 31.1. The Labute approximate surface area is 258 Å². The van der Waals surface area contributed by atoms with Crippen LogP contribution in [0.15, 0.2) is 78.4 Å². The number of phenols is 1. The van der Waals surface area contributed by atoms with Crippen LogP contribution in [-0.4, -0.2) is 45.7 Å². The van der Waals surface area contributed by atoms with Crippen molar-refractivity contribution < 1.29 is 28.7 Å². The first-order valence-electron chi connectivity index (χ1n) is 14.5. The van der Waals surface area contributed by atoms with E-state index in [0.717, 1.165) is 10.6 Å². The van der Waals surface area contributed by atoms with Crippen LogP contribution < -0.4 is 5.43 Å². The van der Waals surface area contributed by atoms with Crippen LogP contribution in [0.1, 0.15) is 35.4 Å². The Morgan fingerprint density at radius 1 is 0.932 bits per heavy atom. The third-order valence-electron chi connectivity index (χ3n) is 10.0. The molecule has 44 heavy (non-hydrogen) atoms. The maximum absolute atomic E-state index is 15.0. The van der Waals surface area contributed by atoms with Crippen molar-refractivity contribution in [2.45, 2.75) is 31.1 Å². The number of amides is 4. The summed E-state index contributed by atoms with van der Waals surface area (Å²) in [6, 6.07) is 17.4. The van der Waals surface area contributed by atoms with Crippen molar-refractivity contribution in [1.82, 2.24) is 9.91 Å². The van der Waals surface area contributed by atoms with Gasteiger partial charge >= 0.3 is 0 Å². The number of rotatable bonds is 4. The van der Waals surface area contributed by atoms with Gasteiger partial charge in [-0.3, -0.25) is 29.5 Å². The first-order valence-corrected chi connectivity index (χ1v) is 14.9. The van der Waals surface area contributed by atoms with E-state index in [9.17, 15) is 28.7 Å². The number of halogens is 2. The molecule has 0 spiro atoms. The summed E-state index contributed by atoms with van der Waals surface area (Å²) >= 11 is 6.29. The first kappa shape index (κ1) is 28.3. The van der Waals surface area contributed by atoms with Crippen molar-refractivity contribution in [3.8, 4) is 5.75 Å². The fourth-order valence-electron chi connectivity index (χ4n) is 8.05. The SMILES string of the molecule is Cc1cc([C@H]2C3=CC[C@@H]4C(=O)N(C)C(=O)[C@@H]4[C@@H]3C[C@H]3C(=O)N(Nc4ccc(F)cc4)C(=O)[C@@]23c2ccc(Cl)cc2)ccc1O. The molecule has 4 amide bonds. The van der Waals surface area contributed by atoms with Crippen molar-refractivity contribution in [3.05, 3.63) is 106 Å². The van der Waals surface area contributed by atoms with Crippen LogP contribution in [0.2, 0.25) is 5.02 Å². The van der Waals surface area contributed by atoms with E-state index in [2.05, 4.69) is 5.43 Å². The number of allylic oxidation sites excluding steroid dienone is 2. The predicted molar refractivity (Wildman–Crippen MR) is 160 cm³/mol. The van der Waals surface area contributed by atoms with E-state index in [0.29, 0.717) is 33.8 Å². The number of hydrogen-bond donors (Lipinski definition) is 2. The Bertz CT molecular complexity index is 1770. The minimum atomic E-state index is -1.45. The Morgan fingerprint density at radius 2 is 1.64 bits per heavy atom. The average molecular weight is 614 g/mol. The number of nitrogens with zero attached hydrogens (tertiary/aromatic N) is 2. The van der Waals surface area contributed by atoms with Crippen LogP contribution in [0.4, 0.5) is 10.1 Å². The molecule has 3 fully saturated rings. The first-order chi connectivity index (χ1) is 21.0. The molecule has 0 bridgehead atoms. The van der Waals surface area contributed by atoms with Gasteiger partial charge in [0.2, 0.25) is 11.8 Å². The molecule has 2 aliphatic carbocycles. The quantitative estimate of drug-likeness (QED) is 0.313. The summed E-state index contributed by atoms with van der Waals surface area (Å²) in [5, 5.41) is 11.9. The lowest BCUT2D eigenvalue weighted by Crippen LogP contribution is -2.53. The molecule has 3 aromatic rings. The second-order valence-corrected chi connectivity index (χ2v) is 12.6. The normalized spacial score (nSPS) is 29.4. The van der Waals surface area contributed by atoms with Crippen LogP contribution in [0.25, 0.3) is 0 Å². The minimum absolute atomic E-state index is 0.0857. The number of phenolic OH excluding ortho intramolecular Hbond substituents is 1. The summed E-state index contributed by atoms with van der Waals surface area (Å²) in [6.07, 6.45) is 2.48. The fraction of sp³-hybridized carbons (Fsp3) is 0.294. The van der Waals surface area contributed by atoms with Crippen molar-refractivity contribution in [2.75, 3.05) is 12.5 Å². The van der Waals surface area contributed by atoms with Gasteiger partial charge in [0, 0.05) is 18.0 Å². The zero-order valence-electron chi connectivity index (χ0n) is 24.0. The Morgan fingerprint density at radius 3 is 2.32 bits per heavy atom. The van der Waals surface area contributed by atoms with E-state index < -0.39 is 52.6 Å². The van der Waals surface area contributed by atoms with Crippen molar-refractivity contribution in [1.29, 1.82) is 0 Å². The topological polar surface area (TPSA) is 107 Å². The van der Waals surface area contributed by atoms with E-state index in [1.165, 1.54) is 36.2 Å². The number of aromatic hydroxyl groups is 1. The third-order valence-corrected chi connectivity index (χ3v) is 10.3. The maximum Gasteiger partial charge on any atom is 0.260 e. The Hall–Kier alpha value is -4.50. The molecule has 1 saturated carbocycles. The number of fused-ring (bicyclic) bond motifs is 4. The summed E-state index contributed by atoms with van der Waals surface area (Å²) in [5.74, 6) is -5.17. The zero-order valence-corrected chi connectivity index (χ0v) is 24.7. The van der Waals surface area contributed by atoms with E-state index in [1.54, 1.807) is 43.3 Å². The highest BCUT2D eigenvalue weighted by Crippen LogP contribution is 2.64. The average Bonchev–Trinajstić information content (AvgIpc) is 3.36. The molecule has 8 nitrogen and oxygen atoms in total. The van der Waals surface area contributed by atoms with Crippen LogP contribution in [-0.2, 0) is 24.6 Å². The molecule has 2 heterocycles. The highest BCUT2D eigenvalue weighted by molar-refractivity contribution is 6.30.